The van der Waals surface area contributed by atoms with Gasteiger partial charge >= 0.3 is 0 Å². The van der Waals surface area contributed by atoms with Crippen LogP contribution in [-0.4, -0.2) is 9.97 Å². The average Bonchev–Trinajstić information content (AvgIpc) is 2.47. The maximum atomic E-state index is 5.55. The molecule has 2 aromatic rings. The third-order valence-corrected chi connectivity index (χ3v) is 3.36. The Kier molecular flexibility index (Phi) is 4.12. The maximum Gasteiger partial charge on any atom is 0.162 e. The van der Waals surface area contributed by atoms with Crippen LogP contribution in [0.3, 0.4) is 0 Å². The smallest absolute Gasteiger partial charge is 0.162 e. The number of rotatable bonds is 4. The lowest BCUT2D eigenvalue weighted by atomic mass is 10.0. The number of aryl methyl sites for hydroxylation is 2. The summed E-state index contributed by atoms with van der Waals surface area (Å²) in [6, 6.07) is 8.22. The van der Waals surface area contributed by atoms with Gasteiger partial charge in [-0.15, -0.1) is 0 Å². The summed E-state index contributed by atoms with van der Waals surface area (Å²) in [4.78, 5) is 9.20. The van der Waals surface area contributed by atoms with E-state index in [-0.39, 0.29) is 0 Å². The molecule has 0 spiro atoms. The van der Waals surface area contributed by atoms with Crippen molar-refractivity contribution >= 4 is 5.82 Å². The summed E-state index contributed by atoms with van der Waals surface area (Å²) in [5.41, 5.74) is 7.04. The molecular formula is C15H20N4. The van der Waals surface area contributed by atoms with E-state index in [2.05, 4.69) is 41.4 Å². The molecule has 1 aromatic heterocycles. The van der Waals surface area contributed by atoms with Crippen molar-refractivity contribution in [3.63, 3.8) is 0 Å². The normalized spacial score (nSPS) is 10.5. The van der Waals surface area contributed by atoms with Gasteiger partial charge in [0.1, 0.15) is 5.82 Å². The fourth-order valence-corrected chi connectivity index (χ4v) is 2.22. The monoisotopic (exact) mass is 256 g/mol. The number of nitrogens with one attached hydrogen (secondary N) is 1. The average molecular weight is 256 g/mol. The predicted octanol–water partition coefficient (Wildman–Crippen LogP) is 2.86. The van der Waals surface area contributed by atoms with Crippen LogP contribution in [0.25, 0.3) is 11.4 Å². The summed E-state index contributed by atoms with van der Waals surface area (Å²) in [7, 11) is 0. The highest BCUT2D eigenvalue weighted by molar-refractivity contribution is 5.63. The summed E-state index contributed by atoms with van der Waals surface area (Å²) >= 11 is 0. The highest BCUT2D eigenvalue weighted by Gasteiger charge is 2.12. The Bertz CT molecular complexity index is 553. The third kappa shape index (κ3) is 2.58. The Balaban J connectivity index is 2.62. The van der Waals surface area contributed by atoms with Crippen LogP contribution in [0.1, 0.15) is 30.7 Å². The summed E-state index contributed by atoms with van der Waals surface area (Å²) in [6.45, 7) is 6.21. The Morgan fingerprint density at radius 3 is 2.47 bits per heavy atom. The fraction of sp³-hybridized carbons (Fsp3) is 0.333. The number of nitrogens with zero attached hydrogens (tertiary/aromatic N) is 2. The molecule has 1 aromatic carbocycles. The number of hydrogen-bond acceptors (Lipinski definition) is 4. The van der Waals surface area contributed by atoms with E-state index < -0.39 is 0 Å². The molecule has 0 saturated carbocycles. The number of nitrogens with two attached hydrogens (primary N) is 1. The number of aromatic nitrogens is 2. The van der Waals surface area contributed by atoms with Gasteiger partial charge in [0.2, 0.25) is 0 Å². The molecule has 0 radical (unpaired) electrons. The Morgan fingerprint density at radius 1 is 1.11 bits per heavy atom. The maximum absolute atomic E-state index is 5.55. The first kappa shape index (κ1) is 13.5. The zero-order valence-electron chi connectivity index (χ0n) is 11.7. The second-order valence-corrected chi connectivity index (χ2v) is 4.48. The van der Waals surface area contributed by atoms with E-state index in [0.717, 1.165) is 35.5 Å². The lowest BCUT2D eigenvalue weighted by Gasteiger charge is -2.12. The molecule has 1 heterocycles. The van der Waals surface area contributed by atoms with Crippen LogP contribution in [-0.2, 0) is 12.8 Å². The number of anilines is 1. The molecule has 0 aliphatic rings. The molecule has 0 unspecified atom stereocenters. The van der Waals surface area contributed by atoms with E-state index in [1.165, 1.54) is 5.56 Å². The van der Waals surface area contributed by atoms with Gasteiger partial charge in [-0.25, -0.2) is 15.8 Å². The molecule has 0 saturated heterocycles. The van der Waals surface area contributed by atoms with Crippen LogP contribution in [0.5, 0.6) is 0 Å². The summed E-state index contributed by atoms with van der Waals surface area (Å²) in [5.74, 6) is 7.00. The Hall–Kier alpha value is -1.94. The zero-order chi connectivity index (χ0) is 13.8. The fourth-order valence-electron chi connectivity index (χ4n) is 2.22. The van der Waals surface area contributed by atoms with Crippen LogP contribution in [0.2, 0.25) is 0 Å². The topological polar surface area (TPSA) is 63.8 Å². The molecule has 19 heavy (non-hydrogen) atoms. The van der Waals surface area contributed by atoms with Gasteiger partial charge in [0.25, 0.3) is 0 Å². The number of nitrogen functional groups attached to an aromatic ring is 1. The van der Waals surface area contributed by atoms with E-state index in [4.69, 9.17) is 5.84 Å². The number of hydrazine groups is 1. The standard InChI is InChI=1S/C15H20N4/c1-4-11-8-6-7-9-12(11)15-17-13(5-2)10(3)14(18-15)19-16/h6-9H,4-5,16H2,1-3H3,(H,17,18,19). The summed E-state index contributed by atoms with van der Waals surface area (Å²) < 4.78 is 0. The van der Waals surface area contributed by atoms with Gasteiger partial charge in [-0.3, -0.25) is 0 Å². The predicted molar refractivity (Wildman–Crippen MR) is 78.8 cm³/mol. The lowest BCUT2D eigenvalue weighted by molar-refractivity contribution is 0.969. The van der Waals surface area contributed by atoms with Crippen LogP contribution in [0.15, 0.2) is 24.3 Å². The van der Waals surface area contributed by atoms with Gasteiger partial charge in [-0.2, -0.15) is 0 Å². The van der Waals surface area contributed by atoms with E-state index in [1.807, 2.05) is 19.1 Å². The van der Waals surface area contributed by atoms with Crippen LogP contribution in [0, 0.1) is 6.92 Å². The van der Waals surface area contributed by atoms with E-state index in [9.17, 15) is 0 Å². The largest absolute Gasteiger partial charge is 0.308 e. The third-order valence-electron chi connectivity index (χ3n) is 3.36. The molecule has 4 heteroatoms. The van der Waals surface area contributed by atoms with E-state index in [1.54, 1.807) is 0 Å². The molecule has 0 amide bonds. The minimum Gasteiger partial charge on any atom is -0.308 e. The second-order valence-electron chi connectivity index (χ2n) is 4.48. The van der Waals surface area contributed by atoms with Crippen LogP contribution in [0.4, 0.5) is 5.82 Å². The van der Waals surface area contributed by atoms with Gasteiger partial charge in [-0.1, -0.05) is 38.1 Å². The quantitative estimate of drug-likeness (QED) is 0.652. The first-order valence-electron chi connectivity index (χ1n) is 6.63. The first-order valence-corrected chi connectivity index (χ1v) is 6.63. The van der Waals surface area contributed by atoms with Crippen LogP contribution < -0.4 is 11.3 Å². The molecule has 0 aliphatic carbocycles. The number of benzene rings is 1. The molecule has 0 aliphatic heterocycles. The first-order chi connectivity index (χ1) is 9.21. The summed E-state index contributed by atoms with van der Waals surface area (Å²) in [6.07, 6.45) is 1.82. The highest BCUT2D eigenvalue weighted by atomic mass is 15.3. The Morgan fingerprint density at radius 2 is 1.84 bits per heavy atom. The van der Waals surface area contributed by atoms with Crippen molar-refractivity contribution < 1.29 is 0 Å². The van der Waals surface area contributed by atoms with E-state index >= 15 is 0 Å². The van der Waals surface area contributed by atoms with Gasteiger partial charge in [0.05, 0.1) is 0 Å². The lowest BCUT2D eigenvalue weighted by Crippen LogP contribution is -2.13. The molecule has 0 bridgehead atoms. The molecule has 100 valence electrons. The van der Waals surface area contributed by atoms with Gasteiger partial charge in [-0.05, 0) is 25.3 Å². The van der Waals surface area contributed by atoms with Gasteiger partial charge in [0, 0.05) is 16.8 Å². The van der Waals surface area contributed by atoms with Crippen molar-refractivity contribution in [1.29, 1.82) is 0 Å². The minimum absolute atomic E-state index is 0.702. The molecule has 3 N–H and O–H groups in total. The van der Waals surface area contributed by atoms with Gasteiger partial charge < -0.3 is 5.43 Å². The van der Waals surface area contributed by atoms with Crippen molar-refractivity contribution in [3.8, 4) is 11.4 Å². The minimum atomic E-state index is 0.702. The van der Waals surface area contributed by atoms with Crippen molar-refractivity contribution in [2.24, 2.45) is 5.84 Å². The molecule has 2 rings (SSSR count). The van der Waals surface area contributed by atoms with Crippen molar-refractivity contribution in [3.05, 3.63) is 41.1 Å². The number of hydrogen-bond donors (Lipinski definition) is 2. The Labute approximate surface area is 114 Å². The van der Waals surface area contributed by atoms with Crippen molar-refractivity contribution in [1.82, 2.24) is 9.97 Å². The second kappa shape index (κ2) is 5.80. The SMILES string of the molecule is CCc1ccccc1-c1nc(CC)c(C)c(NN)n1. The molecule has 0 atom stereocenters. The van der Waals surface area contributed by atoms with Crippen LogP contribution >= 0.6 is 0 Å². The van der Waals surface area contributed by atoms with Gasteiger partial charge in [0.15, 0.2) is 5.82 Å². The van der Waals surface area contributed by atoms with Crippen molar-refractivity contribution in [2.45, 2.75) is 33.6 Å². The molecule has 0 fully saturated rings. The molecule has 4 nitrogen and oxygen atoms in total. The van der Waals surface area contributed by atoms with Crippen molar-refractivity contribution in [2.75, 3.05) is 5.43 Å². The molecular weight excluding hydrogens is 236 g/mol. The summed E-state index contributed by atoms with van der Waals surface area (Å²) in [5, 5.41) is 0. The highest BCUT2D eigenvalue weighted by Crippen LogP contribution is 2.24. The van der Waals surface area contributed by atoms with E-state index in [0.29, 0.717) is 5.82 Å². The zero-order valence-corrected chi connectivity index (χ0v) is 11.7.